The molecule has 2 aliphatic rings. The number of halogens is 1. The minimum atomic E-state index is -0.231. The van der Waals surface area contributed by atoms with Crippen LogP contribution < -0.4 is 0 Å². The Morgan fingerprint density at radius 1 is 1.03 bits per heavy atom. The first kappa shape index (κ1) is 19.6. The third-order valence-corrected chi connectivity index (χ3v) is 6.23. The van der Waals surface area contributed by atoms with E-state index in [2.05, 4.69) is 56.3 Å². The molecule has 0 aliphatic heterocycles. The fourth-order valence-corrected chi connectivity index (χ4v) is 4.79. The lowest BCUT2D eigenvalue weighted by atomic mass is 9.83. The molecule has 0 saturated carbocycles. The number of hydrogen-bond donors (Lipinski definition) is 0. The highest BCUT2D eigenvalue weighted by Gasteiger charge is 2.35. The van der Waals surface area contributed by atoms with Gasteiger partial charge >= 0.3 is 0 Å². The Bertz CT molecular complexity index is 1020. The largest absolute Gasteiger partial charge is 0.289 e. The zero-order valence-electron chi connectivity index (χ0n) is 17.3. The summed E-state index contributed by atoms with van der Waals surface area (Å²) in [6.07, 6.45) is 8.13. The summed E-state index contributed by atoms with van der Waals surface area (Å²) in [7, 11) is 0. The Morgan fingerprint density at radius 2 is 1.76 bits per heavy atom. The molecule has 0 heterocycles. The van der Waals surface area contributed by atoms with Crippen molar-refractivity contribution in [3.05, 3.63) is 106 Å². The first-order valence-electron chi connectivity index (χ1n) is 10.5. The summed E-state index contributed by atoms with van der Waals surface area (Å²) in [4.78, 5) is 13.6. The van der Waals surface area contributed by atoms with Crippen LogP contribution in [0, 0.1) is 11.7 Å². The van der Waals surface area contributed by atoms with Crippen molar-refractivity contribution in [1.29, 1.82) is 0 Å². The van der Waals surface area contributed by atoms with Crippen molar-refractivity contribution in [2.75, 3.05) is 0 Å². The first-order valence-corrected chi connectivity index (χ1v) is 10.5. The summed E-state index contributed by atoms with van der Waals surface area (Å²) in [6.45, 7) is 6.29. The number of benzene rings is 2. The zero-order valence-corrected chi connectivity index (χ0v) is 17.3. The van der Waals surface area contributed by atoms with Gasteiger partial charge < -0.3 is 0 Å². The fraction of sp³-hybridized carbons (Fsp3) is 0.296. The van der Waals surface area contributed by atoms with Crippen molar-refractivity contribution in [3.8, 4) is 0 Å². The number of allylic oxidation sites excluding steroid dienone is 6. The predicted octanol–water partition coefficient (Wildman–Crippen LogP) is 6.68. The molecular weight excluding hydrogens is 359 g/mol. The molecule has 3 unspecified atom stereocenters. The quantitative estimate of drug-likeness (QED) is 0.560. The molecule has 2 heteroatoms. The minimum Gasteiger partial charge on any atom is -0.289 e. The second-order valence-electron chi connectivity index (χ2n) is 8.24. The van der Waals surface area contributed by atoms with E-state index in [1.54, 1.807) is 0 Å². The van der Waals surface area contributed by atoms with Crippen LogP contribution in [0.5, 0.6) is 0 Å². The molecule has 2 aliphatic carbocycles. The maximum absolute atomic E-state index is 13.6. The van der Waals surface area contributed by atoms with Crippen LogP contribution in [0.2, 0.25) is 0 Å². The van der Waals surface area contributed by atoms with E-state index in [1.807, 2.05) is 19.1 Å². The van der Waals surface area contributed by atoms with Gasteiger partial charge in [0, 0.05) is 23.0 Å². The second-order valence-corrected chi connectivity index (χ2v) is 8.24. The van der Waals surface area contributed by atoms with Crippen LogP contribution >= 0.6 is 0 Å². The molecule has 0 bridgehead atoms. The molecule has 0 spiro atoms. The van der Waals surface area contributed by atoms with Crippen molar-refractivity contribution in [1.82, 2.24) is 0 Å². The van der Waals surface area contributed by atoms with Gasteiger partial charge in [-0.05, 0) is 60.1 Å². The van der Waals surface area contributed by atoms with Gasteiger partial charge in [0.15, 0.2) is 5.78 Å². The van der Waals surface area contributed by atoms with Crippen molar-refractivity contribution in [2.24, 2.45) is 5.92 Å². The molecular formula is C27H27FO. The summed E-state index contributed by atoms with van der Waals surface area (Å²) in [6, 6.07) is 15.1. The van der Waals surface area contributed by atoms with Crippen LogP contribution in [0.4, 0.5) is 4.39 Å². The molecule has 0 radical (unpaired) electrons. The Morgan fingerprint density at radius 3 is 2.41 bits per heavy atom. The van der Waals surface area contributed by atoms with E-state index in [-0.39, 0.29) is 23.4 Å². The van der Waals surface area contributed by atoms with Gasteiger partial charge in [0.05, 0.1) is 0 Å². The van der Waals surface area contributed by atoms with E-state index < -0.39 is 0 Å². The van der Waals surface area contributed by atoms with E-state index in [0.29, 0.717) is 5.92 Å². The third-order valence-electron chi connectivity index (χ3n) is 6.23. The van der Waals surface area contributed by atoms with Gasteiger partial charge in [-0.2, -0.15) is 0 Å². The summed E-state index contributed by atoms with van der Waals surface area (Å²) >= 11 is 0. The number of hydrogen-bond acceptors (Lipinski definition) is 1. The van der Waals surface area contributed by atoms with E-state index >= 15 is 0 Å². The van der Waals surface area contributed by atoms with Crippen LogP contribution in [0.15, 0.2) is 83.5 Å². The number of carbonyl (C=O) groups is 1. The highest BCUT2D eigenvalue weighted by atomic mass is 19.1. The molecule has 4 rings (SSSR count). The zero-order chi connectivity index (χ0) is 20.5. The molecule has 0 fully saturated rings. The minimum absolute atomic E-state index is 0.0679. The summed E-state index contributed by atoms with van der Waals surface area (Å²) < 4.78 is 13.4. The van der Waals surface area contributed by atoms with E-state index in [1.165, 1.54) is 23.3 Å². The molecule has 148 valence electrons. The lowest BCUT2D eigenvalue weighted by molar-refractivity contribution is -0.112. The highest BCUT2D eigenvalue weighted by Crippen LogP contribution is 2.46. The Balaban J connectivity index is 1.76. The van der Waals surface area contributed by atoms with Gasteiger partial charge in [-0.25, -0.2) is 4.39 Å². The topological polar surface area (TPSA) is 17.1 Å². The average molecular weight is 387 g/mol. The standard InChI is InChI=1S/C27H27FO/c1-4-19-7-5-6-8-23(19)25-15-21(20-9-11-22(28)12-10-20)16-26(25)27(29)24-14-17(2)13-18(24)3/h5-14,16-17,21,25H,4,15H2,1-3H3. The molecule has 0 aromatic heterocycles. The van der Waals surface area contributed by atoms with Gasteiger partial charge in [0.2, 0.25) is 0 Å². The van der Waals surface area contributed by atoms with Crippen molar-refractivity contribution in [2.45, 2.75) is 45.4 Å². The number of aryl methyl sites for hydroxylation is 1. The SMILES string of the molecule is CCc1ccccc1C1CC(c2ccc(F)cc2)C=C1C(=O)C1=CC(C)C=C1C. The fourth-order valence-electron chi connectivity index (χ4n) is 4.79. The molecule has 29 heavy (non-hydrogen) atoms. The molecule has 0 saturated heterocycles. The molecule has 3 atom stereocenters. The molecule has 2 aromatic carbocycles. The van der Waals surface area contributed by atoms with Crippen LogP contribution in [0.25, 0.3) is 0 Å². The van der Waals surface area contributed by atoms with Crippen molar-refractivity contribution < 1.29 is 9.18 Å². The maximum Gasteiger partial charge on any atom is 0.189 e. The molecule has 0 N–H and O–H groups in total. The van der Waals surface area contributed by atoms with Gasteiger partial charge in [-0.1, -0.05) is 68.5 Å². The Kier molecular flexibility index (Phi) is 5.36. The monoisotopic (exact) mass is 386 g/mol. The molecule has 0 amide bonds. The number of ketones is 1. The maximum atomic E-state index is 13.6. The predicted molar refractivity (Wildman–Crippen MR) is 116 cm³/mol. The lowest BCUT2D eigenvalue weighted by Crippen LogP contribution is -2.12. The van der Waals surface area contributed by atoms with Crippen LogP contribution in [0.1, 0.15) is 55.7 Å². The van der Waals surface area contributed by atoms with E-state index in [9.17, 15) is 9.18 Å². The van der Waals surface area contributed by atoms with Gasteiger partial charge in [-0.3, -0.25) is 4.79 Å². The van der Waals surface area contributed by atoms with Gasteiger partial charge in [0.25, 0.3) is 0 Å². The van der Waals surface area contributed by atoms with Gasteiger partial charge in [0.1, 0.15) is 5.82 Å². The van der Waals surface area contributed by atoms with Crippen LogP contribution in [-0.2, 0) is 11.2 Å². The molecule has 1 nitrogen and oxygen atoms in total. The third kappa shape index (κ3) is 3.76. The average Bonchev–Trinajstić information content (AvgIpc) is 3.31. The normalized spacial score (nSPS) is 23.6. The van der Waals surface area contributed by atoms with Crippen LogP contribution in [-0.4, -0.2) is 5.78 Å². The second kappa shape index (κ2) is 7.94. The summed E-state index contributed by atoms with van der Waals surface area (Å²) in [5.74, 6) is 0.395. The lowest BCUT2D eigenvalue weighted by Gasteiger charge is -2.20. The van der Waals surface area contributed by atoms with E-state index in [4.69, 9.17) is 0 Å². The van der Waals surface area contributed by atoms with E-state index in [0.717, 1.165) is 35.1 Å². The Hall–Kier alpha value is -2.74. The smallest absolute Gasteiger partial charge is 0.189 e. The van der Waals surface area contributed by atoms with Crippen molar-refractivity contribution >= 4 is 5.78 Å². The summed E-state index contributed by atoms with van der Waals surface area (Å²) in [5, 5.41) is 0. The summed E-state index contributed by atoms with van der Waals surface area (Å²) in [5.41, 5.74) is 6.38. The number of Topliss-reactive ketones (excluding diaryl/α,β-unsaturated/α-hetero) is 1. The number of carbonyl (C=O) groups excluding carboxylic acids is 1. The van der Waals surface area contributed by atoms with Crippen molar-refractivity contribution in [3.63, 3.8) is 0 Å². The number of rotatable bonds is 5. The van der Waals surface area contributed by atoms with Crippen LogP contribution in [0.3, 0.4) is 0 Å². The molecule has 2 aromatic rings. The first-order chi connectivity index (χ1) is 14.0. The highest BCUT2D eigenvalue weighted by molar-refractivity contribution is 6.12. The van der Waals surface area contributed by atoms with Gasteiger partial charge in [-0.15, -0.1) is 0 Å². The Labute approximate surface area is 172 Å².